The molecule has 2 N–H and O–H groups in total. The van der Waals surface area contributed by atoms with E-state index in [0.717, 1.165) is 18.2 Å². The molecular weight excluding hydrogens is 379 g/mol. The Balaban J connectivity index is 1.91. The van der Waals surface area contributed by atoms with Crippen molar-refractivity contribution in [3.8, 4) is 29.6 Å². The van der Waals surface area contributed by atoms with Gasteiger partial charge < -0.3 is 15.0 Å². The highest BCUT2D eigenvalue weighted by atomic mass is 32.2. The number of nitrogen functional groups attached to an aromatic ring is 1. The third-order valence-corrected chi connectivity index (χ3v) is 4.39. The standard InChI is InChI=1S/C17H14F3N5OS/c1-2-3-6-9-25-10-22-14(21)13-15(25)24-16(23-13)27-12-8-5-4-7-11(12)26-17(18,19)20/h1,4-5,7-8,10H,3,6,9,21H2. The van der Waals surface area contributed by atoms with Gasteiger partial charge in [0, 0.05) is 13.0 Å². The van der Waals surface area contributed by atoms with Crippen LogP contribution >= 0.6 is 11.8 Å². The summed E-state index contributed by atoms with van der Waals surface area (Å²) >= 11 is 0.950. The van der Waals surface area contributed by atoms with Crippen LogP contribution in [0.25, 0.3) is 11.5 Å². The summed E-state index contributed by atoms with van der Waals surface area (Å²) in [5.74, 6) is 2.92. The van der Waals surface area contributed by atoms with E-state index >= 15 is 0 Å². The third-order valence-electron chi connectivity index (χ3n) is 3.47. The fourth-order valence-electron chi connectivity index (χ4n) is 2.34. The van der Waals surface area contributed by atoms with Crippen molar-refractivity contribution in [2.75, 3.05) is 5.73 Å². The molecule has 140 valence electrons. The summed E-state index contributed by atoms with van der Waals surface area (Å²) < 4.78 is 43.5. The highest BCUT2D eigenvalue weighted by molar-refractivity contribution is 7.99. The highest BCUT2D eigenvalue weighted by Gasteiger charge is 2.32. The molecule has 0 unspecified atom stereocenters. The van der Waals surface area contributed by atoms with Crippen LogP contribution in [-0.4, -0.2) is 25.9 Å². The summed E-state index contributed by atoms with van der Waals surface area (Å²) in [6, 6.07) is 5.78. The number of imidazole rings is 1. The Hall–Kier alpha value is -2.93. The van der Waals surface area contributed by atoms with E-state index in [1.165, 1.54) is 24.5 Å². The van der Waals surface area contributed by atoms with Gasteiger partial charge in [0.1, 0.15) is 5.75 Å². The maximum absolute atomic E-state index is 12.6. The summed E-state index contributed by atoms with van der Waals surface area (Å²) in [6.45, 7) is 0.574. The van der Waals surface area contributed by atoms with E-state index in [0.29, 0.717) is 24.5 Å². The maximum Gasteiger partial charge on any atom is 0.573 e. The maximum atomic E-state index is 12.6. The number of rotatable bonds is 6. The number of hydrogen-bond donors (Lipinski definition) is 1. The first-order valence-corrected chi connectivity index (χ1v) is 8.63. The van der Waals surface area contributed by atoms with Gasteiger partial charge >= 0.3 is 6.36 Å². The minimum Gasteiger partial charge on any atom is -0.405 e. The number of anilines is 1. The lowest BCUT2D eigenvalue weighted by molar-refractivity contribution is -0.275. The lowest BCUT2D eigenvalue weighted by Crippen LogP contribution is -2.17. The minimum absolute atomic E-state index is 0.192. The number of aromatic nitrogens is 4. The van der Waals surface area contributed by atoms with Crippen molar-refractivity contribution in [3.63, 3.8) is 0 Å². The Kier molecular flexibility index (Phi) is 5.41. The largest absolute Gasteiger partial charge is 0.573 e. The predicted octanol–water partition coefficient (Wildman–Crippen LogP) is 3.82. The smallest absolute Gasteiger partial charge is 0.405 e. The van der Waals surface area contributed by atoms with E-state index in [-0.39, 0.29) is 21.6 Å². The number of aryl methyl sites for hydroxylation is 1. The zero-order valence-electron chi connectivity index (χ0n) is 13.9. The van der Waals surface area contributed by atoms with Crippen molar-refractivity contribution in [1.82, 2.24) is 19.5 Å². The van der Waals surface area contributed by atoms with Crippen LogP contribution in [0.4, 0.5) is 19.0 Å². The second-order valence-corrected chi connectivity index (χ2v) is 6.41. The van der Waals surface area contributed by atoms with E-state index in [2.05, 4.69) is 25.6 Å². The van der Waals surface area contributed by atoms with E-state index in [1.54, 1.807) is 10.6 Å². The molecule has 0 bridgehead atoms. The van der Waals surface area contributed by atoms with Crippen molar-refractivity contribution < 1.29 is 17.9 Å². The van der Waals surface area contributed by atoms with E-state index in [1.807, 2.05) is 0 Å². The van der Waals surface area contributed by atoms with Crippen LogP contribution in [0.15, 0.2) is 40.6 Å². The van der Waals surface area contributed by atoms with Crippen molar-refractivity contribution in [2.24, 2.45) is 0 Å². The zero-order chi connectivity index (χ0) is 19.4. The molecule has 0 aromatic heterocycles. The molecule has 0 fully saturated rings. The van der Waals surface area contributed by atoms with Gasteiger partial charge in [-0.05, 0) is 30.3 Å². The number of alkyl halides is 3. The van der Waals surface area contributed by atoms with Gasteiger partial charge in [-0.2, -0.15) is 0 Å². The SMILES string of the molecule is C#CCCCn1cnc(N)c2nc(Sc3ccccc3OC(F)(F)F)nc1-2. The quantitative estimate of drug-likeness (QED) is 0.507. The number of nitrogens with zero attached hydrogens (tertiary/aromatic N) is 4. The van der Waals surface area contributed by atoms with Crippen LogP contribution < -0.4 is 10.5 Å². The zero-order valence-corrected chi connectivity index (χ0v) is 14.7. The lowest BCUT2D eigenvalue weighted by Gasteiger charge is -2.11. The predicted molar refractivity (Wildman–Crippen MR) is 94.2 cm³/mol. The number of halogens is 3. The van der Waals surface area contributed by atoms with Gasteiger partial charge in [-0.15, -0.1) is 25.5 Å². The first-order valence-electron chi connectivity index (χ1n) is 7.82. The van der Waals surface area contributed by atoms with Crippen LogP contribution in [0, 0.1) is 12.3 Å². The number of unbranched alkanes of at least 4 members (excludes halogenated alkanes) is 1. The minimum atomic E-state index is -4.79. The van der Waals surface area contributed by atoms with Crippen molar-refractivity contribution >= 4 is 17.6 Å². The number of benzene rings is 1. The average Bonchev–Trinajstić information content (AvgIpc) is 3.02. The monoisotopic (exact) mass is 393 g/mol. The highest BCUT2D eigenvalue weighted by Crippen LogP contribution is 2.38. The van der Waals surface area contributed by atoms with Crippen LogP contribution in [0.2, 0.25) is 0 Å². The Morgan fingerprint density at radius 3 is 2.78 bits per heavy atom. The molecule has 10 heteroatoms. The molecule has 2 aliphatic rings. The van der Waals surface area contributed by atoms with Gasteiger partial charge in [-0.25, -0.2) is 15.0 Å². The molecule has 0 radical (unpaired) electrons. The molecule has 27 heavy (non-hydrogen) atoms. The van der Waals surface area contributed by atoms with Crippen molar-refractivity contribution in [1.29, 1.82) is 0 Å². The van der Waals surface area contributed by atoms with Crippen LogP contribution in [-0.2, 0) is 6.54 Å². The fourth-order valence-corrected chi connectivity index (χ4v) is 3.16. The van der Waals surface area contributed by atoms with Gasteiger partial charge in [0.2, 0.25) is 0 Å². The number of nitrogens with two attached hydrogens (primary N) is 1. The fraction of sp³-hybridized carbons (Fsp3) is 0.235. The summed E-state index contributed by atoms with van der Waals surface area (Å²) in [6.07, 6.45) is 3.33. The molecule has 0 saturated carbocycles. The second-order valence-electron chi connectivity index (χ2n) is 5.41. The lowest BCUT2D eigenvalue weighted by atomic mass is 10.3. The number of fused-ring (bicyclic) bond motifs is 1. The topological polar surface area (TPSA) is 78.9 Å². The van der Waals surface area contributed by atoms with E-state index in [9.17, 15) is 13.2 Å². The number of para-hydroxylation sites is 1. The normalized spacial score (nSPS) is 11.5. The molecule has 6 nitrogen and oxygen atoms in total. The van der Waals surface area contributed by atoms with Gasteiger partial charge in [-0.1, -0.05) is 12.1 Å². The number of ether oxygens (including phenoxy) is 1. The van der Waals surface area contributed by atoms with Gasteiger partial charge in [0.15, 0.2) is 22.5 Å². The van der Waals surface area contributed by atoms with E-state index in [4.69, 9.17) is 12.2 Å². The molecule has 3 rings (SSSR count). The summed E-state index contributed by atoms with van der Waals surface area (Å²) in [7, 11) is 0. The average molecular weight is 393 g/mol. The van der Waals surface area contributed by atoms with Gasteiger partial charge in [-0.3, -0.25) is 0 Å². The molecular formula is C17H14F3N5OS. The van der Waals surface area contributed by atoms with Crippen molar-refractivity contribution in [2.45, 2.75) is 35.8 Å². The number of hydrogen-bond acceptors (Lipinski definition) is 6. The van der Waals surface area contributed by atoms with Gasteiger partial charge in [0.05, 0.1) is 11.2 Å². The molecule has 1 aromatic carbocycles. The molecule has 2 aliphatic heterocycles. The Bertz CT molecular complexity index is 951. The Labute approximate surface area is 157 Å². The summed E-state index contributed by atoms with van der Waals surface area (Å²) in [4.78, 5) is 13.0. The van der Waals surface area contributed by atoms with Crippen LogP contribution in [0.5, 0.6) is 5.75 Å². The van der Waals surface area contributed by atoms with E-state index < -0.39 is 6.36 Å². The van der Waals surface area contributed by atoms with Crippen molar-refractivity contribution in [3.05, 3.63) is 30.6 Å². The second kappa shape index (κ2) is 7.75. The number of terminal acetylenes is 1. The van der Waals surface area contributed by atoms with Crippen LogP contribution in [0.1, 0.15) is 12.8 Å². The molecule has 1 aromatic rings. The first-order chi connectivity index (χ1) is 12.9. The Morgan fingerprint density at radius 1 is 1.26 bits per heavy atom. The molecule has 0 saturated heterocycles. The molecule has 0 aliphatic carbocycles. The third kappa shape index (κ3) is 4.62. The molecule has 2 heterocycles. The summed E-state index contributed by atoms with van der Waals surface area (Å²) in [5, 5.41) is 0.244. The Morgan fingerprint density at radius 2 is 2.04 bits per heavy atom. The first kappa shape index (κ1) is 18.8. The van der Waals surface area contributed by atoms with Gasteiger partial charge in [0.25, 0.3) is 0 Å². The molecule has 0 atom stereocenters. The molecule has 0 amide bonds. The van der Waals surface area contributed by atoms with Crippen LogP contribution in [0.3, 0.4) is 0 Å². The molecule has 0 spiro atoms. The summed E-state index contributed by atoms with van der Waals surface area (Å²) in [5.41, 5.74) is 6.24.